The lowest BCUT2D eigenvalue weighted by Gasteiger charge is -2.03. The summed E-state index contributed by atoms with van der Waals surface area (Å²) in [5.74, 6) is -1.58. The molecule has 1 heterocycles. The molecule has 0 amide bonds. The fourth-order valence-corrected chi connectivity index (χ4v) is 1.17. The molecule has 0 unspecified atom stereocenters. The van der Waals surface area contributed by atoms with Crippen molar-refractivity contribution in [2.24, 2.45) is 0 Å². The first-order valence-electron chi connectivity index (χ1n) is 5.52. The Morgan fingerprint density at radius 1 is 1.44 bits per heavy atom. The molecule has 0 aliphatic rings. The van der Waals surface area contributed by atoms with Crippen LogP contribution in [-0.4, -0.2) is 23.7 Å². The zero-order valence-electron chi connectivity index (χ0n) is 10.4. The van der Waals surface area contributed by atoms with Gasteiger partial charge in [0.1, 0.15) is 6.61 Å². The average molecular weight is 263 g/mol. The fraction of sp³-hybridized carbons (Fsp3) is 0.636. The van der Waals surface area contributed by atoms with E-state index in [0.29, 0.717) is 0 Å². The molecule has 102 valence electrons. The molecule has 0 saturated carbocycles. The number of esters is 1. The van der Waals surface area contributed by atoms with Crippen molar-refractivity contribution >= 4 is 5.97 Å². The van der Waals surface area contributed by atoms with E-state index >= 15 is 0 Å². The summed E-state index contributed by atoms with van der Waals surface area (Å²) in [6, 6.07) is 0. The molecule has 0 spiro atoms. The summed E-state index contributed by atoms with van der Waals surface area (Å²) in [6.45, 7) is 5.13. The third-order valence-corrected chi connectivity index (χ3v) is 1.91. The first-order valence-corrected chi connectivity index (χ1v) is 5.52. The minimum Gasteiger partial charge on any atom is -0.460 e. The van der Waals surface area contributed by atoms with Crippen LogP contribution < -0.4 is 0 Å². The van der Waals surface area contributed by atoms with Gasteiger partial charge in [-0.05, 0) is 20.8 Å². The van der Waals surface area contributed by atoms with Crippen molar-refractivity contribution in [2.75, 3.05) is 6.61 Å². The Labute approximate surface area is 103 Å². The highest BCUT2D eigenvalue weighted by atomic mass is 19.3. The van der Waals surface area contributed by atoms with Gasteiger partial charge in [-0.3, -0.25) is 0 Å². The normalized spacial score (nSPS) is 11.3. The molecule has 7 heteroatoms. The molecule has 18 heavy (non-hydrogen) atoms. The molecule has 5 nitrogen and oxygen atoms in total. The van der Waals surface area contributed by atoms with Crippen molar-refractivity contribution in [3.63, 3.8) is 0 Å². The van der Waals surface area contributed by atoms with E-state index in [1.807, 2.05) is 0 Å². The van der Waals surface area contributed by atoms with Crippen molar-refractivity contribution in [3.8, 4) is 0 Å². The van der Waals surface area contributed by atoms with Gasteiger partial charge < -0.3 is 13.9 Å². The Bertz CT molecular complexity index is 404. The Morgan fingerprint density at radius 3 is 2.61 bits per heavy atom. The molecule has 0 aliphatic heterocycles. The lowest BCUT2D eigenvalue weighted by molar-refractivity contribution is 0.0425. The Balaban J connectivity index is 2.90. The highest BCUT2D eigenvalue weighted by Gasteiger charge is 2.27. The summed E-state index contributed by atoms with van der Waals surface area (Å²) in [4.78, 5) is 14.9. The van der Waals surface area contributed by atoms with Crippen LogP contribution in [0.1, 0.15) is 49.3 Å². The number of carbonyl (C=O) groups is 1. The molecule has 0 fully saturated rings. The molecule has 0 bridgehead atoms. The van der Waals surface area contributed by atoms with Crippen molar-refractivity contribution in [2.45, 2.75) is 39.9 Å². The maximum Gasteiger partial charge on any atom is 0.376 e. The third-order valence-electron chi connectivity index (χ3n) is 1.91. The summed E-state index contributed by atoms with van der Waals surface area (Å²) in [5.41, 5.74) is -0.712. The highest BCUT2D eigenvalue weighted by molar-refractivity contribution is 5.87. The maximum atomic E-state index is 12.7. The van der Waals surface area contributed by atoms with Crippen LogP contribution in [-0.2, 0) is 16.1 Å². The molecule has 1 rings (SSSR count). The number of halogens is 2. The molecular weight excluding hydrogens is 248 g/mol. The first kappa shape index (κ1) is 14.6. The minimum atomic E-state index is -2.90. The molecule has 0 saturated heterocycles. The monoisotopic (exact) mass is 263 g/mol. The van der Waals surface area contributed by atoms with E-state index in [1.54, 1.807) is 20.8 Å². The number of ether oxygens (including phenoxy) is 2. The van der Waals surface area contributed by atoms with Gasteiger partial charge in [0.25, 0.3) is 6.43 Å². The van der Waals surface area contributed by atoms with Gasteiger partial charge in [0.05, 0.1) is 12.7 Å². The second-order valence-electron chi connectivity index (χ2n) is 3.70. The van der Waals surface area contributed by atoms with Gasteiger partial charge >= 0.3 is 5.97 Å². The first-order chi connectivity index (χ1) is 8.45. The number of carbonyl (C=O) groups excluding carboxylic acids is 1. The maximum absolute atomic E-state index is 12.7. The number of aromatic nitrogens is 1. The predicted octanol–water partition coefficient (Wildman–Crippen LogP) is 2.71. The van der Waals surface area contributed by atoms with Gasteiger partial charge in [0, 0.05) is 0 Å². The minimum absolute atomic E-state index is 0.0675. The van der Waals surface area contributed by atoms with Crippen LogP contribution >= 0.6 is 0 Å². The Hall–Kier alpha value is -1.50. The summed E-state index contributed by atoms with van der Waals surface area (Å²) in [6.07, 6.45) is -3.00. The lowest BCUT2D eigenvalue weighted by atomic mass is 10.3. The SMILES string of the molecule is CCOC(=O)c1oc(COC(C)C)nc1C(F)F. The zero-order valence-corrected chi connectivity index (χ0v) is 10.4. The van der Waals surface area contributed by atoms with Crippen LogP contribution in [0.5, 0.6) is 0 Å². The standard InChI is InChI=1S/C11H15F2NO4/c1-4-16-11(15)9-8(10(12)13)14-7(18-9)5-17-6(2)3/h6,10H,4-5H2,1-3H3. The number of oxazole rings is 1. The van der Waals surface area contributed by atoms with E-state index < -0.39 is 23.8 Å². The molecule has 0 aromatic carbocycles. The molecule has 1 aromatic heterocycles. The van der Waals surface area contributed by atoms with E-state index in [4.69, 9.17) is 9.15 Å². The summed E-state index contributed by atoms with van der Waals surface area (Å²) < 4.78 is 40.1. The van der Waals surface area contributed by atoms with Crippen LogP contribution in [0, 0.1) is 0 Å². The van der Waals surface area contributed by atoms with Gasteiger partial charge in [-0.1, -0.05) is 0 Å². The molecule has 0 radical (unpaired) electrons. The van der Waals surface area contributed by atoms with Gasteiger partial charge in [-0.2, -0.15) is 0 Å². The topological polar surface area (TPSA) is 61.6 Å². The molecule has 0 aliphatic carbocycles. The number of nitrogens with zero attached hydrogens (tertiary/aromatic N) is 1. The van der Waals surface area contributed by atoms with E-state index in [1.165, 1.54) is 0 Å². The zero-order chi connectivity index (χ0) is 13.7. The van der Waals surface area contributed by atoms with Crippen molar-refractivity contribution < 1.29 is 27.5 Å². The van der Waals surface area contributed by atoms with Gasteiger partial charge in [0.15, 0.2) is 5.69 Å². The van der Waals surface area contributed by atoms with E-state index in [2.05, 4.69) is 9.72 Å². The molecule has 1 aromatic rings. The summed E-state index contributed by atoms with van der Waals surface area (Å²) in [5, 5.41) is 0. The van der Waals surface area contributed by atoms with E-state index in [-0.39, 0.29) is 25.2 Å². The summed E-state index contributed by atoms with van der Waals surface area (Å²) >= 11 is 0. The number of alkyl halides is 2. The van der Waals surface area contributed by atoms with Gasteiger partial charge in [-0.15, -0.1) is 0 Å². The average Bonchev–Trinajstić information content (AvgIpc) is 2.71. The highest BCUT2D eigenvalue weighted by Crippen LogP contribution is 2.24. The third kappa shape index (κ3) is 3.76. The second-order valence-corrected chi connectivity index (χ2v) is 3.70. The van der Waals surface area contributed by atoms with Gasteiger partial charge in [0.2, 0.25) is 11.7 Å². The second kappa shape index (κ2) is 6.44. The number of hydrogen-bond donors (Lipinski definition) is 0. The van der Waals surface area contributed by atoms with Crippen molar-refractivity contribution in [1.29, 1.82) is 0 Å². The van der Waals surface area contributed by atoms with Crippen LogP contribution in [0.3, 0.4) is 0 Å². The fourth-order valence-electron chi connectivity index (χ4n) is 1.17. The smallest absolute Gasteiger partial charge is 0.376 e. The van der Waals surface area contributed by atoms with E-state index in [9.17, 15) is 13.6 Å². The predicted molar refractivity (Wildman–Crippen MR) is 57.3 cm³/mol. The number of hydrogen-bond acceptors (Lipinski definition) is 5. The van der Waals surface area contributed by atoms with Crippen molar-refractivity contribution in [1.82, 2.24) is 4.98 Å². The van der Waals surface area contributed by atoms with Gasteiger partial charge in [-0.25, -0.2) is 18.6 Å². The number of rotatable bonds is 6. The Morgan fingerprint density at radius 2 is 2.11 bits per heavy atom. The van der Waals surface area contributed by atoms with Crippen LogP contribution in [0.25, 0.3) is 0 Å². The Kier molecular flexibility index (Phi) is 5.21. The molecule has 0 N–H and O–H groups in total. The van der Waals surface area contributed by atoms with E-state index in [0.717, 1.165) is 0 Å². The molecule has 0 atom stereocenters. The largest absolute Gasteiger partial charge is 0.460 e. The summed E-state index contributed by atoms with van der Waals surface area (Å²) in [7, 11) is 0. The molecular formula is C11H15F2NO4. The quantitative estimate of drug-likeness (QED) is 0.738. The van der Waals surface area contributed by atoms with Crippen LogP contribution in [0.2, 0.25) is 0 Å². The van der Waals surface area contributed by atoms with Crippen molar-refractivity contribution in [3.05, 3.63) is 17.3 Å². The van der Waals surface area contributed by atoms with Crippen LogP contribution in [0.15, 0.2) is 4.42 Å². The lowest BCUT2D eigenvalue weighted by Crippen LogP contribution is -2.06. The van der Waals surface area contributed by atoms with Crippen LogP contribution in [0.4, 0.5) is 8.78 Å².